The first kappa shape index (κ1) is 17.9. The van der Waals surface area contributed by atoms with Gasteiger partial charge in [0, 0.05) is 11.7 Å². The van der Waals surface area contributed by atoms with E-state index in [-0.39, 0.29) is 0 Å². The molecule has 1 atom stereocenters. The number of rotatable bonds is 6. The zero-order valence-electron chi connectivity index (χ0n) is 11.8. The van der Waals surface area contributed by atoms with Crippen molar-refractivity contribution in [3.63, 3.8) is 0 Å². The predicted octanol–water partition coefficient (Wildman–Crippen LogP) is 4.77. The lowest BCUT2D eigenvalue weighted by Crippen LogP contribution is -2.23. The molecular formula is C16H27N. The van der Waals surface area contributed by atoms with Gasteiger partial charge in [0.1, 0.15) is 0 Å². The van der Waals surface area contributed by atoms with E-state index in [1.54, 1.807) is 12.2 Å². The summed E-state index contributed by atoms with van der Waals surface area (Å²) in [6.07, 6.45) is 10.5. The monoisotopic (exact) mass is 233 g/mol. The molecule has 1 heteroatoms. The highest BCUT2D eigenvalue weighted by atomic mass is 14.9. The maximum Gasteiger partial charge on any atom is 0.0413 e. The van der Waals surface area contributed by atoms with Crippen LogP contribution in [-0.4, -0.2) is 6.04 Å². The van der Waals surface area contributed by atoms with E-state index in [0.29, 0.717) is 6.04 Å². The van der Waals surface area contributed by atoms with Crippen LogP contribution in [0.4, 0.5) is 0 Å². The molecule has 1 nitrogen and oxygen atoms in total. The minimum absolute atomic E-state index is 0.293. The SMILES string of the molecule is C=C/C=C\C(NC(C)C=C)=C(/C)CC.C=CC. The van der Waals surface area contributed by atoms with Crippen molar-refractivity contribution in [2.45, 2.75) is 40.2 Å². The van der Waals surface area contributed by atoms with E-state index in [1.165, 1.54) is 11.3 Å². The third kappa shape index (κ3) is 10.8. The summed E-state index contributed by atoms with van der Waals surface area (Å²) in [5, 5.41) is 3.38. The normalized spacial score (nSPS) is 12.9. The minimum Gasteiger partial charge on any atom is -0.379 e. The van der Waals surface area contributed by atoms with Gasteiger partial charge in [-0.2, -0.15) is 0 Å². The third-order valence-electron chi connectivity index (χ3n) is 2.13. The number of hydrogen-bond acceptors (Lipinski definition) is 1. The second-order valence-corrected chi connectivity index (χ2v) is 3.72. The lowest BCUT2D eigenvalue weighted by atomic mass is 10.1. The number of allylic oxidation sites excluding steroid dienone is 5. The fourth-order valence-corrected chi connectivity index (χ4v) is 0.972. The van der Waals surface area contributed by atoms with Crippen LogP contribution >= 0.6 is 0 Å². The molecule has 0 aliphatic carbocycles. The molecule has 0 aromatic heterocycles. The van der Waals surface area contributed by atoms with Gasteiger partial charge in [-0.15, -0.1) is 13.2 Å². The summed E-state index contributed by atoms with van der Waals surface area (Å²) in [5.74, 6) is 0. The molecular weight excluding hydrogens is 206 g/mol. The maximum atomic E-state index is 3.75. The molecule has 1 unspecified atom stereocenters. The first-order valence-corrected chi connectivity index (χ1v) is 6.02. The Labute approximate surface area is 107 Å². The van der Waals surface area contributed by atoms with Crippen molar-refractivity contribution in [1.82, 2.24) is 5.32 Å². The predicted molar refractivity (Wildman–Crippen MR) is 81.0 cm³/mol. The summed E-state index contributed by atoms with van der Waals surface area (Å²) in [6.45, 7) is 19.0. The molecule has 0 spiro atoms. The van der Waals surface area contributed by atoms with E-state index in [9.17, 15) is 0 Å². The van der Waals surface area contributed by atoms with Gasteiger partial charge in [0.2, 0.25) is 0 Å². The molecule has 0 aliphatic rings. The van der Waals surface area contributed by atoms with E-state index in [0.717, 1.165) is 6.42 Å². The molecule has 0 aromatic carbocycles. The average Bonchev–Trinajstić information content (AvgIpc) is 2.34. The van der Waals surface area contributed by atoms with E-state index in [1.807, 2.05) is 25.2 Å². The van der Waals surface area contributed by atoms with Crippen molar-refractivity contribution in [2.24, 2.45) is 0 Å². The lowest BCUT2D eigenvalue weighted by molar-refractivity contribution is 0.732. The molecule has 0 saturated carbocycles. The van der Waals surface area contributed by atoms with Gasteiger partial charge in [-0.3, -0.25) is 0 Å². The van der Waals surface area contributed by atoms with E-state index in [4.69, 9.17) is 0 Å². The van der Waals surface area contributed by atoms with Crippen LogP contribution in [0.2, 0.25) is 0 Å². The van der Waals surface area contributed by atoms with Crippen LogP contribution in [0.3, 0.4) is 0 Å². The molecule has 0 aromatic rings. The first-order chi connectivity index (χ1) is 8.06. The highest BCUT2D eigenvalue weighted by molar-refractivity contribution is 5.26. The fourth-order valence-electron chi connectivity index (χ4n) is 0.972. The molecule has 0 amide bonds. The lowest BCUT2D eigenvalue weighted by Gasteiger charge is -2.14. The van der Waals surface area contributed by atoms with Crippen LogP contribution in [0.25, 0.3) is 0 Å². The summed E-state index contributed by atoms with van der Waals surface area (Å²) >= 11 is 0. The molecule has 0 saturated heterocycles. The van der Waals surface area contributed by atoms with Crippen molar-refractivity contribution >= 4 is 0 Å². The van der Waals surface area contributed by atoms with Crippen molar-refractivity contribution < 1.29 is 0 Å². The zero-order valence-corrected chi connectivity index (χ0v) is 11.8. The van der Waals surface area contributed by atoms with Gasteiger partial charge >= 0.3 is 0 Å². The van der Waals surface area contributed by atoms with Gasteiger partial charge in [0.25, 0.3) is 0 Å². The van der Waals surface area contributed by atoms with Crippen LogP contribution in [-0.2, 0) is 0 Å². The number of hydrogen-bond donors (Lipinski definition) is 1. The molecule has 0 fully saturated rings. The van der Waals surface area contributed by atoms with Gasteiger partial charge in [0.05, 0.1) is 0 Å². The molecule has 96 valence electrons. The maximum absolute atomic E-state index is 3.75. The summed E-state index contributed by atoms with van der Waals surface area (Å²) in [5.41, 5.74) is 2.51. The highest BCUT2D eigenvalue weighted by Gasteiger charge is 1.99. The van der Waals surface area contributed by atoms with Crippen molar-refractivity contribution in [1.29, 1.82) is 0 Å². The van der Waals surface area contributed by atoms with Crippen LogP contribution in [0, 0.1) is 0 Å². The van der Waals surface area contributed by atoms with E-state index in [2.05, 4.69) is 45.8 Å². The van der Waals surface area contributed by atoms with Crippen LogP contribution < -0.4 is 5.32 Å². The second kappa shape index (κ2) is 12.6. The fraction of sp³-hybridized carbons (Fsp3) is 0.375. The minimum atomic E-state index is 0.293. The van der Waals surface area contributed by atoms with Crippen LogP contribution in [0.1, 0.15) is 34.1 Å². The van der Waals surface area contributed by atoms with Gasteiger partial charge in [-0.05, 0) is 33.3 Å². The molecule has 17 heavy (non-hydrogen) atoms. The largest absolute Gasteiger partial charge is 0.379 e. The number of nitrogens with one attached hydrogen (secondary N) is 1. The Morgan fingerprint density at radius 3 is 2.18 bits per heavy atom. The summed E-state index contributed by atoms with van der Waals surface area (Å²) in [6, 6.07) is 0.293. The standard InChI is InChI=1S/C13H21N.C3H6/c1-6-9-10-13(11(4)7-2)14-12(5)8-3;1-3-2/h6,8-10,12,14H,1,3,7H2,2,4-5H3;3H,1H2,2H3/b10-9-,13-11-;. The van der Waals surface area contributed by atoms with Crippen LogP contribution in [0.5, 0.6) is 0 Å². The Morgan fingerprint density at radius 1 is 1.29 bits per heavy atom. The Hall–Kier alpha value is -1.50. The van der Waals surface area contributed by atoms with E-state index < -0.39 is 0 Å². The molecule has 0 aliphatic heterocycles. The van der Waals surface area contributed by atoms with Crippen molar-refractivity contribution in [3.8, 4) is 0 Å². The smallest absolute Gasteiger partial charge is 0.0413 e. The van der Waals surface area contributed by atoms with E-state index >= 15 is 0 Å². The van der Waals surface area contributed by atoms with Crippen molar-refractivity contribution in [3.05, 3.63) is 61.4 Å². The summed E-state index contributed by atoms with van der Waals surface area (Å²) in [7, 11) is 0. The second-order valence-electron chi connectivity index (χ2n) is 3.72. The first-order valence-electron chi connectivity index (χ1n) is 6.02. The van der Waals surface area contributed by atoms with Gasteiger partial charge in [0.15, 0.2) is 0 Å². The molecule has 0 bridgehead atoms. The van der Waals surface area contributed by atoms with Crippen LogP contribution in [0.15, 0.2) is 61.4 Å². The molecule has 1 N–H and O–H groups in total. The van der Waals surface area contributed by atoms with Gasteiger partial charge < -0.3 is 5.32 Å². The molecule has 0 radical (unpaired) electrons. The zero-order chi connectivity index (χ0) is 13.7. The Morgan fingerprint density at radius 2 is 1.82 bits per heavy atom. The summed E-state index contributed by atoms with van der Waals surface area (Å²) in [4.78, 5) is 0. The Bertz CT molecular complexity index is 282. The van der Waals surface area contributed by atoms with Gasteiger partial charge in [-0.1, -0.05) is 43.4 Å². The average molecular weight is 233 g/mol. The molecule has 0 heterocycles. The Balaban J connectivity index is 0. The van der Waals surface area contributed by atoms with Crippen molar-refractivity contribution in [2.75, 3.05) is 0 Å². The quantitative estimate of drug-likeness (QED) is 0.515. The molecule has 0 rings (SSSR count). The van der Waals surface area contributed by atoms with Gasteiger partial charge in [-0.25, -0.2) is 0 Å². The Kier molecular flexibility index (Phi) is 13.2. The highest BCUT2D eigenvalue weighted by Crippen LogP contribution is 2.07. The topological polar surface area (TPSA) is 12.0 Å². The summed E-state index contributed by atoms with van der Waals surface area (Å²) < 4.78 is 0. The third-order valence-corrected chi connectivity index (χ3v) is 2.13.